The van der Waals surface area contributed by atoms with Crippen LogP contribution in [-0.4, -0.2) is 6.54 Å². The van der Waals surface area contributed by atoms with Crippen molar-refractivity contribution < 1.29 is 0 Å². The molecule has 1 heterocycles. The zero-order valence-corrected chi connectivity index (χ0v) is 9.68. The standard InChI is InChI=1S/C13H15NS/c1-10-12(7-9-15-10)13-5-3-2-4-11(13)6-8-14/h2-5,7,9H,6,8,14H2,1H3. The van der Waals surface area contributed by atoms with E-state index in [0.717, 1.165) is 6.42 Å². The summed E-state index contributed by atoms with van der Waals surface area (Å²) in [4.78, 5) is 1.37. The summed E-state index contributed by atoms with van der Waals surface area (Å²) >= 11 is 1.79. The first-order valence-corrected chi connectivity index (χ1v) is 6.03. The first-order chi connectivity index (χ1) is 7.33. The van der Waals surface area contributed by atoms with Crippen LogP contribution in [0.5, 0.6) is 0 Å². The van der Waals surface area contributed by atoms with Gasteiger partial charge >= 0.3 is 0 Å². The van der Waals surface area contributed by atoms with E-state index in [0.29, 0.717) is 6.54 Å². The van der Waals surface area contributed by atoms with Crippen LogP contribution in [0.3, 0.4) is 0 Å². The highest BCUT2D eigenvalue weighted by Gasteiger charge is 2.06. The summed E-state index contributed by atoms with van der Waals surface area (Å²) in [6, 6.07) is 10.7. The van der Waals surface area contributed by atoms with Crippen LogP contribution in [0.4, 0.5) is 0 Å². The van der Waals surface area contributed by atoms with E-state index in [1.165, 1.54) is 21.6 Å². The average Bonchev–Trinajstić information content (AvgIpc) is 2.66. The Kier molecular flexibility index (Phi) is 3.19. The van der Waals surface area contributed by atoms with Crippen LogP contribution in [0.1, 0.15) is 10.4 Å². The third-order valence-electron chi connectivity index (χ3n) is 2.58. The molecule has 0 unspecified atom stereocenters. The van der Waals surface area contributed by atoms with E-state index < -0.39 is 0 Å². The molecule has 0 bridgehead atoms. The van der Waals surface area contributed by atoms with Crippen molar-refractivity contribution in [2.75, 3.05) is 6.54 Å². The van der Waals surface area contributed by atoms with Gasteiger partial charge in [0, 0.05) is 4.88 Å². The third-order valence-corrected chi connectivity index (χ3v) is 3.43. The molecule has 0 aliphatic rings. The van der Waals surface area contributed by atoms with E-state index in [1.807, 2.05) is 0 Å². The lowest BCUT2D eigenvalue weighted by Gasteiger charge is -2.07. The Balaban J connectivity index is 2.48. The van der Waals surface area contributed by atoms with Gasteiger partial charge in [-0.3, -0.25) is 0 Å². The number of rotatable bonds is 3. The number of hydrogen-bond acceptors (Lipinski definition) is 2. The fourth-order valence-corrected chi connectivity index (χ4v) is 2.53. The highest BCUT2D eigenvalue weighted by atomic mass is 32.1. The van der Waals surface area contributed by atoms with Crippen molar-refractivity contribution in [2.45, 2.75) is 13.3 Å². The molecule has 0 aliphatic carbocycles. The molecule has 1 nitrogen and oxygen atoms in total. The lowest BCUT2D eigenvalue weighted by molar-refractivity contribution is 0.970. The number of aryl methyl sites for hydroxylation is 1. The Bertz CT molecular complexity index is 445. The Morgan fingerprint density at radius 2 is 1.93 bits per heavy atom. The van der Waals surface area contributed by atoms with Gasteiger partial charge in [-0.25, -0.2) is 0 Å². The van der Waals surface area contributed by atoms with Crippen molar-refractivity contribution >= 4 is 11.3 Å². The molecule has 15 heavy (non-hydrogen) atoms. The van der Waals surface area contributed by atoms with Crippen LogP contribution in [0.15, 0.2) is 35.7 Å². The first kappa shape index (κ1) is 10.4. The molecule has 1 aromatic carbocycles. The third kappa shape index (κ3) is 2.11. The van der Waals surface area contributed by atoms with Gasteiger partial charge in [-0.15, -0.1) is 11.3 Å². The zero-order chi connectivity index (χ0) is 10.7. The van der Waals surface area contributed by atoms with E-state index in [-0.39, 0.29) is 0 Å². The van der Waals surface area contributed by atoms with Gasteiger partial charge < -0.3 is 5.73 Å². The smallest absolute Gasteiger partial charge is 0.00926 e. The molecule has 0 saturated heterocycles. The molecular formula is C13H15NS. The van der Waals surface area contributed by atoms with Gasteiger partial charge in [0.15, 0.2) is 0 Å². The minimum absolute atomic E-state index is 0.709. The normalized spacial score (nSPS) is 10.5. The van der Waals surface area contributed by atoms with Crippen LogP contribution in [-0.2, 0) is 6.42 Å². The minimum atomic E-state index is 0.709. The van der Waals surface area contributed by atoms with Crippen LogP contribution >= 0.6 is 11.3 Å². The maximum Gasteiger partial charge on any atom is 0.00926 e. The first-order valence-electron chi connectivity index (χ1n) is 5.15. The molecule has 2 rings (SSSR count). The molecule has 2 heteroatoms. The Hall–Kier alpha value is -1.12. The number of nitrogens with two attached hydrogens (primary N) is 1. The van der Waals surface area contributed by atoms with Gasteiger partial charge in [0.25, 0.3) is 0 Å². The second-order valence-electron chi connectivity index (χ2n) is 3.59. The average molecular weight is 217 g/mol. The predicted octanol–water partition coefficient (Wildman–Crippen LogP) is 3.22. The molecule has 2 N–H and O–H groups in total. The Labute approximate surface area is 94.6 Å². The van der Waals surface area contributed by atoms with E-state index >= 15 is 0 Å². The minimum Gasteiger partial charge on any atom is -0.330 e. The molecule has 0 saturated carbocycles. The molecule has 0 radical (unpaired) electrons. The van der Waals surface area contributed by atoms with E-state index in [4.69, 9.17) is 5.73 Å². The molecule has 78 valence electrons. The SMILES string of the molecule is Cc1sccc1-c1ccccc1CCN. The fourth-order valence-electron chi connectivity index (χ4n) is 1.82. The maximum atomic E-state index is 5.62. The van der Waals surface area contributed by atoms with E-state index in [2.05, 4.69) is 42.6 Å². The van der Waals surface area contributed by atoms with Crippen molar-refractivity contribution in [3.63, 3.8) is 0 Å². The van der Waals surface area contributed by atoms with Gasteiger partial charge in [0.2, 0.25) is 0 Å². The topological polar surface area (TPSA) is 26.0 Å². The fraction of sp³-hybridized carbons (Fsp3) is 0.231. The van der Waals surface area contributed by atoms with Crippen molar-refractivity contribution in [3.8, 4) is 11.1 Å². The van der Waals surface area contributed by atoms with Crippen LogP contribution in [0.2, 0.25) is 0 Å². The molecule has 1 aromatic heterocycles. The summed E-state index contributed by atoms with van der Waals surface area (Å²) in [5.41, 5.74) is 9.66. The summed E-state index contributed by atoms with van der Waals surface area (Å²) in [6.07, 6.45) is 0.950. The molecular weight excluding hydrogens is 202 g/mol. The second-order valence-corrected chi connectivity index (χ2v) is 4.71. The number of benzene rings is 1. The Morgan fingerprint density at radius 3 is 2.60 bits per heavy atom. The molecule has 2 aromatic rings. The van der Waals surface area contributed by atoms with E-state index in [9.17, 15) is 0 Å². The van der Waals surface area contributed by atoms with Crippen molar-refractivity contribution in [1.29, 1.82) is 0 Å². The van der Waals surface area contributed by atoms with Crippen molar-refractivity contribution in [1.82, 2.24) is 0 Å². The van der Waals surface area contributed by atoms with Gasteiger partial charge in [0.05, 0.1) is 0 Å². The molecule has 0 fully saturated rings. The number of thiophene rings is 1. The summed E-state index contributed by atoms with van der Waals surface area (Å²) in [6.45, 7) is 2.87. The molecule has 0 aliphatic heterocycles. The summed E-state index contributed by atoms with van der Waals surface area (Å²) < 4.78 is 0. The second kappa shape index (κ2) is 4.60. The lowest BCUT2D eigenvalue weighted by atomic mass is 9.98. The van der Waals surface area contributed by atoms with Gasteiger partial charge in [-0.2, -0.15) is 0 Å². The summed E-state index contributed by atoms with van der Waals surface area (Å²) in [7, 11) is 0. The van der Waals surface area contributed by atoms with Gasteiger partial charge in [0.1, 0.15) is 0 Å². The largest absolute Gasteiger partial charge is 0.330 e. The molecule has 0 amide bonds. The quantitative estimate of drug-likeness (QED) is 0.839. The summed E-state index contributed by atoms with van der Waals surface area (Å²) in [5.74, 6) is 0. The molecule has 0 atom stereocenters. The number of hydrogen-bond donors (Lipinski definition) is 1. The van der Waals surface area contributed by atoms with Crippen molar-refractivity contribution in [3.05, 3.63) is 46.2 Å². The van der Waals surface area contributed by atoms with Gasteiger partial charge in [-0.05, 0) is 48.0 Å². The molecule has 0 spiro atoms. The highest BCUT2D eigenvalue weighted by Crippen LogP contribution is 2.30. The zero-order valence-electron chi connectivity index (χ0n) is 8.86. The van der Waals surface area contributed by atoms with Crippen LogP contribution < -0.4 is 5.73 Å². The van der Waals surface area contributed by atoms with Crippen molar-refractivity contribution in [2.24, 2.45) is 5.73 Å². The van der Waals surface area contributed by atoms with Crippen LogP contribution in [0, 0.1) is 6.92 Å². The summed E-state index contributed by atoms with van der Waals surface area (Å²) in [5, 5.41) is 2.14. The monoisotopic (exact) mass is 217 g/mol. The van der Waals surface area contributed by atoms with Crippen LogP contribution in [0.25, 0.3) is 11.1 Å². The maximum absolute atomic E-state index is 5.62. The highest BCUT2D eigenvalue weighted by molar-refractivity contribution is 7.10. The predicted molar refractivity (Wildman–Crippen MR) is 67.3 cm³/mol. The van der Waals surface area contributed by atoms with E-state index in [1.54, 1.807) is 11.3 Å². The van der Waals surface area contributed by atoms with Gasteiger partial charge in [-0.1, -0.05) is 24.3 Å². The lowest BCUT2D eigenvalue weighted by Crippen LogP contribution is -2.03. The Morgan fingerprint density at radius 1 is 1.13 bits per heavy atom.